The fraction of sp³-hybridized carbons (Fsp3) is 0.238. The average molecular weight is 461 g/mol. The number of nitrogens with zero attached hydrogens (tertiary/aromatic N) is 3. The molecule has 2 aromatic carbocycles. The topological polar surface area (TPSA) is 88.0 Å². The van der Waals surface area contributed by atoms with Gasteiger partial charge in [-0.05, 0) is 55.0 Å². The molecule has 2 aromatic rings. The van der Waals surface area contributed by atoms with Crippen LogP contribution >= 0.6 is 23.8 Å². The van der Waals surface area contributed by atoms with Crippen molar-refractivity contribution in [2.75, 3.05) is 26.1 Å². The second kappa shape index (κ2) is 8.91. The maximum atomic E-state index is 13.1. The summed E-state index contributed by atoms with van der Waals surface area (Å²) < 4.78 is 5.21. The summed E-state index contributed by atoms with van der Waals surface area (Å²) in [7, 11) is 4.88. The number of carbonyl (C=O) groups is 1. The van der Waals surface area contributed by atoms with Crippen molar-refractivity contribution in [1.82, 2.24) is 10.2 Å². The summed E-state index contributed by atoms with van der Waals surface area (Å²) in [5, 5.41) is 14.9. The van der Waals surface area contributed by atoms with Gasteiger partial charge < -0.3 is 15.0 Å². The molecule has 31 heavy (non-hydrogen) atoms. The van der Waals surface area contributed by atoms with Crippen LogP contribution in [0.2, 0.25) is 5.02 Å². The number of rotatable bonds is 5. The number of likely N-dealkylation sites (N-methyl/N-ethyl adjacent to an activating group) is 1. The lowest BCUT2D eigenvalue weighted by atomic mass is 9.93. The number of nitro groups is 1. The Labute approximate surface area is 190 Å². The first-order chi connectivity index (χ1) is 14.6. The van der Waals surface area contributed by atoms with Crippen molar-refractivity contribution in [3.8, 4) is 5.75 Å². The number of ether oxygens (including phenoxy) is 1. The van der Waals surface area contributed by atoms with Gasteiger partial charge in [-0.2, -0.15) is 0 Å². The molecule has 0 fully saturated rings. The van der Waals surface area contributed by atoms with E-state index in [1.807, 2.05) is 12.1 Å². The Balaban J connectivity index is 2.16. The fourth-order valence-electron chi connectivity index (χ4n) is 3.40. The minimum absolute atomic E-state index is 0.0215. The van der Waals surface area contributed by atoms with Crippen LogP contribution in [0, 0.1) is 10.1 Å². The molecule has 0 aromatic heterocycles. The van der Waals surface area contributed by atoms with E-state index in [-0.39, 0.29) is 16.6 Å². The van der Waals surface area contributed by atoms with E-state index in [1.54, 1.807) is 51.2 Å². The van der Waals surface area contributed by atoms with Crippen LogP contribution in [0.25, 0.3) is 0 Å². The van der Waals surface area contributed by atoms with Gasteiger partial charge in [0.25, 0.3) is 11.6 Å². The van der Waals surface area contributed by atoms with E-state index in [1.165, 1.54) is 17.0 Å². The van der Waals surface area contributed by atoms with E-state index in [4.69, 9.17) is 28.6 Å². The molecular formula is C21H21ClN4O4S. The SMILES string of the molecule is COc1ccc(N2C(=S)NC(c3ccc(Cl)c([N+](=O)[O-])c3)C(C(=O)N(C)C)=C2C)cc1. The van der Waals surface area contributed by atoms with Crippen molar-refractivity contribution < 1.29 is 14.5 Å². The second-order valence-corrected chi connectivity index (χ2v) is 7.88. The van der Waals surface area contributed by atoms with Gasteiger partial charge in [0.2, 0.25) is 0 Å². The third kappa shape index (κ3) is 4.33. The zero-order chi connectivity index (χ0) is 22.9. The van der Waals surface area contributed by atoms with Crippen molar-refractivity contribution >= 4 is 46.2 Å². The summed E-state index contributed by atoms with van der Waals surface area (Å²) >= 11 is 11.6. The van der Waals surface area contributed by atoms with Gasteiger partial charge in [0.15, 0.2) is 5.11 Å². The minimum Gasteiger partial charge on any atom is -0.497 e. The normalized spacial score (nSPS) is 16.1. The Hall–Kier alpha value is -3.17. The van der Waals surface area contributed by atoms with Crippen LogP contribution in [-0.4, -0.2) is 42.0 Å². The van der Waals surface area contributed by atoms with Gasteiger partial charge in [-0.1, -0.05) is 17.7 Å². The lowest BCUT2D eigenvalue weighted by molar-refractivity contribution is -0.384. The molecule has 1 N–H and O–H groups in total. The summed E-state index contributed by atoms with van der Waals surface area (Å²) in [5.41, 5.74) is 2.07. The van der Waals surface area contributed by atoms with Crippen LogP contribution in [-0.2, 0) is 4.79 Å². The van der Waals surface area contributed by atoms with Crippen molar-refractivity contribution in [2.24, 2.45) is 0 Å². The number of allylic oxidation sites excluding steroid dienone is 1. The Morgan fingerprint density at radius 1 is 1.26 bits per heavy atom. The van der Waals surface area contributed by atoms with Crippen LogP contribution in [0.4, 0.5) is 11.4 Å². The quantitative estimate of drug-likeness (QED) is 0.409. The minimum atomic E-state index is -0.673. The van der Waals surface area contributed by atoms with Crippen molar-refractivity contribution in [3.05, 3.63) is 74.4 Å². The molecule has 1 aliphatic rings. The Bertz CT molecular complexity index is 1090. The van der Waals surface area contributed by atoms with Gasteiger partial charge in [-0.15, -0.1) is 0 Å². The molecule has 1 amide bonds. The number of thiocarbonyl (C=S) groups is 1. The number of hydrogen-bond acceptors (Lipinski definition) is 5. The maximum absolute atomic E-state index is 13.1. The van der Waals surface area contributed by atoms with Gasteiger partial charge in [-0.25, -0.2) is 0 Å². The first-order valence-corrected chi connectivity index (χ1v) is 10.0. The van der Waals surface area contributed by atoms with Gasteiger partial charge in [-0.3, -0.25) is 19.8 Å². The standard InChI is InChI=1S/C21H21ClN4O4S/c1-12-18(20(27)24(2)3)19(13-5-10-16(22)17(11-13)26(28)29)23-21(31)25(12)14-6-8-15(30-4)9-7-14/h5-11,19H,1-4H3,(H,23,31). The van der Waals surface area contributed by atoms with E-state index in [9.17, 15) is 14.9 Å². The van der Waals surface area contributed by atoms with Crippen LogP contribution in [0.1, 0.15) is 18.5 Å². The highest BCUT2D eigenvalue weighted by molar-refractivity contribution is 7.80. The summed E-state index contributed by atoms with van der Waals surface area (Å²) in [5.74, 6) is 0.450. The van der Waals surface area contributed by atoms with Crippen molar-refractivity contribution in [1.29, 1.82) is 0 Å². The monoisotopic (exact) mass is 460 g/mol. The van der Waals surface area contributed by atoms with Crippen LogP contribution < -0.4 is 15.0 Å². The number of halogens is 1. The number of methoxy groups -OCH3 is 1. The second-order valence-electron chi connectivity index (χ2n) is 7.08. The summed E-state index contributed by atoms with van der Waals surface area (Å²) in [4.78, 5) is 27.2. The molecule has 1 unspecified atom stereocenters. The van der Waals surface area contributed by atoms with E-state index >= 15 is 0 Å². The van der Waals surface area contributed by atoms with E-state index in [0.717, 1.165) is 5.69 Å². The van der Waals surface area contributed by atoms with Gasteiger partial charge in [0.05, 0.1) is 23.6 Å². The summed E-state index contributed by atoms with van der Waals surface area (Å²) in [6.07, 6.45) is 0. The molecule has 1 atom stereocenters. The predicted molar refractivity (Wildman–Crippen MR) is 123 cm³/mol. The third-order valence-electron chi connectivity index (χ3n) is 4.95. The summed E-state index contributed by atoms with van der Waals surface area (Å²) in [6.45, 7) is 1.80. The number of carbonyl (C=O) groups excluding carboxylic acids is 1. The molecule has 0 spiro atoms. The number of nitrogens with one attached hydrogen (secondary N) is 1. The zero-order valence-electron chi connectivity index (χ0n) is 17.4. The number of benzene rings is 2. The number of amides is 1. The third-order valence-corrected chi connectivity index (χ3v) is 5.57. The molecule has 0 saturated heterocycles. The average Bonchev–Trinajstić information content (AvgIpc) is 2.73. The largest absolute Gasteiger partial charge is 0.497 e. The van der Waals surface area contributed by atoms with E-state index in [0.29, 0.717) is 27.7 Å². The molecule has 1 aliphatic heterocycles. The van der Waals surface area contributed by atoms with Crippen molar-refractivity contribution in [3.63, 3.8) is 0 Å². The molecule has 1 heterocycles. The van der Waals surface area contributed by atoms with Crippen LogP contribution in [0.5, 0.6) is 5.75 Å². The molecule has 8 nitrogen and oxygen atoms in total. The van der Waals surface area contributed by atoms with Gasteiger partial charge in [0.1, 0.15) is 10.8 Å². The molecule has 0 aliphatic carbocycles. The first kappa shape index (κ1) is 22.5. The molecule has 0 radical (unpaired) electrons. The molecule has 0 bridgehead atoms. The predicted octanol–water partition coefficient (Wildman–Crippen LogP) is 4.05. The smallest absolute Gasteiger partial charge is 0.288 e. The van der Waals surface area contributed by atoms with E-state index < -0.39 is 11.0 Å². The number of anilines is 1. The van der Waals surface area contributed by atoms with Gasteiger partial charge in [0, 0.05) is 31.5 Å². The van der Waals surface area contributed by atoms with E-state index in [2.05, 4.69) is 5.32 Å². The molecule has 162 valence electrons. The Morgan fingerprint density at radius 3 is 2.45 bits per heavy atom. The zero-order valence-corrected chi connectivity index (χ0v) is 19.0. The molecular weight excluding hydrogens is 440 g/mol. The highest BCUT2D eigenvalue weighted by Gasteiger charge is 2.36. The van der Waals surface area contributed by atoms with Crippen molar-refractivity contribution in [2.45, 2.75) is 13.0 Å². The number of nitro benzene ring substituents is 1. The van der Waals surface area contributed by atoms with Crippen LogP contribution in [0.3, 0.4) is 0 Å². The molecule has 3 rings (SSSR count). The maximum Gasteiger partial charge on any atom is 0.288 e. The lowest BCUT2D eigenvalue weighted by Crippen LogP contribution is -2.49. The summed E-state index contributed by atoms with van der Waals surface area (Å²) in [6, 6.07) is 11.1. The highest BCUT2D eigenvalue weighted by atomic mass is 35.5. The molecule has 0 saturated carbocycles. The Kier molecular flexibility index (Phi) is 6.47. The number of hydrogen-bond donors (Lipinski definition) is 1. The first-order valence-electron chi connectivity index (χ1n) is 9.26. The highest BCUT2D eigenvalue weighted by Crippen LogP contribution is 2.37. The van der Waals surface area contributed by atoms with Gasteiger partial charge >= 0.3 is 0 Å². The Morgan fingerprint density at radius 2 is 1.90 bits per heavy atom. The van der Waals surface area contributed by atoms with Crippen LogP contribution in [0.15, 0.2) is 53.7 Å². The lowest BCUT2D eigenvalue weighted by Gasteiger charge is -2.38. The molecule has 10 heteroatoms. The fourth-order valence-corrected chi connectivity index (χ4v) is 3.95.